The number of carbonyl (C=O) groups is 1. The highest BCUT2D eigenvalue weighted by Crippen LogP contribution is 2.06. The van der Waals surface area contributed by atoms with Crippen LogP contribution in [0.1, 0.15) is 29.8 Å². The maximum Gasteiger partial charge on any atom is 0.373 e. The van der Waals surface area contributed by atoms with Crippen LogP contribution in [-0.2, 0) is 20.9 Å². The quantitative estimate of drug-likeness (QED) is 0.415. The number of hydrogen-bond donors (Lipinski definition) is 0. The number of hydrogen-bond acceptors (Lipinski definition) is 4. The molecule has 0 amide bonds. The Morgan fingerprint density at radius 2 is 1.82 bits per heavy atom. The summed E-state index contributed by atoms with van der Waals surface area (Å²) in [6, 6.07) is 7.26. The topological polar surface area (TPSA) is 44.8 Å². The minimum absolute atomic E-state index is 0.243. The summed E-state index contributed by atoms with van der Waals surface area (Å²) in [5, 5.41) is 0. The summed E-state index contributed by atoms with van der Waals surface area (Å²) in [5.41, 5.74) is 1.66. The first-order chi connectivity index (χ1) is 8.27. The summed E-state index contributed by atoms with van der Waals surface area (Å²) in [4.78, 5) is 20.9. The summed E-state index contributed by atoms with van der Waals surface area (Å²) in [6.07, 6.45) is 0.945. The molecule has 0 aliphatic carbocycles. The molecule has 17 heavy (non-hydrogen) atoms. The van der Waals surface area contributed by atoms with E-state index in [1.54, 1.807) is 12.1 Å². The standard InChI is InChI=1S/C13H18O4/c1-3-11-5-7-12(8-6-11)13(14)17-16-10-9-15-4-2/h5-8H,3-4,9-10H2,1-2H3. The van der Waals surface area contributed by atoms with Crippen molar-refractivity contribution < 1.29 is 19.3 Å². The van der Waals surface area contributed by atoms with Gasteiger partial charge < -0.3 is 4.74 Å². The van der Waals surface area contributed by atoms with Gasteiger partial charge in [0.25, 0.3) is 0 Å². The molecule has 1 rings (SSSR count). The summed E-state index contributed by atoms with van der Waals surface area (Å²) in [6.45, 7) is 5.23. The second-order valence-electron chi connectivity index (χ2n) is 3.44. The van der Waals surface area contributed by atoms with Gasteiger partial charge in [-0.05, 0) is 31.0 Å². The molecule has 0 fully saturated rings. The molecule has 4 heteroatoms. The average Bonchev–Trinajstić information content (AvgIpc) is 2.38. The SMILES string of the molecule is CCOCCOOC(=O)c1ccc(CC)cc1. The third kappa shape index (κ3) is 4.97. The van der Waals surface area contributed by atoms with Gasteiger partial charge in [-0.3, -0.25) is 4.89 Å². The molecular formula is C13H18O4. The normalized spacial score (nSPS) is 10.2. The highest BCUT2D eigenvalue weighted by molar-refractivity contribution is 5.88. The van der Waals surface area contributed by atoms with E-state index in [0.717, 1.165) is 6.42 Å². The third-order valence-corrected chi connectivity index (χ3v) is 2.25. The molecule has 0 aliphatic rings. The van der Waals surface area contributed by atoms with Crippen molar-refractivity contribution in [2.75, 3.05) is 19.8 Å². The van der Waals surface area contributed by atoms with Crippen LogP contribution in [0.25, 0.3) is 0 Å². The molecule has 0 aromatic heterocycles. The van der Waals surface area contributed by atoms with E-state index in [1.807, 2.05) is 19.1 Å². The van der Waals surface area contributed by atoms with Gasteiger partial charge in [0.1, 0.15) is 6.61 Å². The van der Waals surface area contributed by atoms with Crippen LogP contribution in [0.4, 0.5) is 0 Å². The van der Waals surface area contributed by atoms with Crippen molar-refractivity contribution in [2.45, 2.75) is 20.3 Å². The van der Waals surface area contributed by atoms with E-state index in [1.165, 1.54) is 5.56 Å². The average molecular weight is 238 g/mol. The highest BCUT2D eigenvalue weighted by Gasteiger charge is 2.07. The Balaban J connectivity index is 2.31. The van der Waals surface area contributed by atoms with E-state index in [4.69, 9.17) is 9.62 Å². The molecule has 1 aromatic carbocycles. The zero-order chi connectivity index (χ0) is 12.5. The molecule has 94 valence electrons. The van der Waals surface area contributed by atoms with Gasteiger partial charge in [0.15, 0.2) is 0 Å². The third-order valence-electron chi connectivity index (χ3n) is 2.25. The lowest BCUT2D eigenvalue weighted by atomic mass is 10.1. The Hall–Kier alpha value is -1.39. The summed E-state index contributed by atoms with van der Waals surface area (Å²) >= 11 is 0. The first-order valence-electron chi connectivity index (χ1n) is 5.78. The fraction of sp³-hybridized carbons (Fsp3) is 0.462. The number of rotatable bonds is 7. The maximum absolute atomic E-state index is 11.5. The Bertz CT molecular complexity index is 332. The minimum Gasteiger partial charge on any atom is -0.379 e. The van der Waals surface area contributed by atoms with Crippen LogP contribution in [-0.4, -0.2) is 25.8 Å². The monoisotopic (exact) mass is 238 g/mol. The predicted octanol–water partition coefficient (Wildman–Crippen LogP) is 2.37. The van der Waals surface area contributed by atoms with Crippen molar-refractivity contribution in [2.24, 2.45) is 0 Å². The van der Waals surface area contributed by atoms with Crippen molar-refractivity contribution in [1.82, 2.24) is 0 Å². The van der Waals surface area contributed by atoms with Gasteiger partial charge in [0.05, 0.1) is 12.2 Å². The zero-order valence-corrected chi connectivity index (χ0v) is 10.3. The fourth-order valence-electron chi connectivity index (χ4n) is 1.26. The van der Waals surface area contributed by atoms with E-state index in [-0.39, 0.29) is 6.61 Å². The first kappa shape index (κ1) is 13.7. The van der Waals surface area contributed by atoms with Gasteiger partial charge in [-0.15, -0.1) is 0 Å². The minimum atomic E-state index is -0.482. The predicted molar refractivity (Wildman–Crippen MR) is 63.7 cm³/mol. The Morgan fingerprint density at radius 1 is 1.12 bits per heavy atom. The van der Waals surface area contributed by atoms with E-state index in [0.29, 0.717) is 18.8 Å². The summed E-state index contributed by atoms with van der Waals surface area (Å²) < 4.78 is 5.03. The van der Waals surface area contributed by atoms with Gasteiger partial charge in [0, 0.05) is 6.61 Å². The van der Waals surface area contributed by atoms with Crippen LogP contribution in [0.15, 0.2) is 24.3 Å². The van der Waals surface area contributed by atoms with Crippen LogP contribution < -0.4 is 0 Å². The van der Waals surface area contributed by atoms with Crippen LogP contribution in [0.3, 0.4) is 0 Å². The van der Waals surface area contributed by atoms with Crippen molar-refractivity contribution in [3.63, 3.8) is 0 Å². The molecule has 0 N–H and O–H groups in total. The number of carbonyl (C=O) groups excluding carboxylic acids is 1. The Kier molecular flexibility index (Phi) is 6.29. The van der Waals surface area contributed by atoms with Crippen molar-refractivity contribution in [3.05, 3.63) is 35.4 Å². The Morgan fingerprint density at radius 3 is 2.41 bits per heavy atom. The number of aryl methyl sites for hydroxylation is 1. The van der Waals surface area contributed by atoms with Crippen LogP contribution in [0, 0.1) is 0 Å². The lowest BCUT2D eigenvalue weighted by Crippen LogP contribution is -2.10. The number of ether oxygens (including phenoxy) is 1. The van der Waals surface area contributed by atoms with Gasteiger partial charge >= 0.3 is 5.97 Å². The molecule has 0 atom stereocenters. The lowest BCUT2D eigenvalue weighted by molar-refractivity contribution is -0.247. The molecule has 0 saturated carbocycles. The summed E-state index contributed by atoms with van der Waals surface area (Å²) in [7, 11) is 0. The summed E-state index contributed by atoms with van der Waals surface area (Å²) in [5.74, 6) is -0.482. The molecule has 0 saturated heterocycles. The zero-order valence-electron chi connectivity index (χ0n) is 10.3. The molecule has 0 aliphatic heterocycles. The van der Waals surface area contributed by atoms with Gasteiger partial charge in [-0.1, -0.05) is 19.1 Å². The van der Waals surface area contributed by atoms with E-state index in [9.17, 15) is 4.79 Å². The maximum atomic E-state index is 11.5. The van der Waals surface area contributed by atoms with Crippen LogP contribution in [0.2, 0.25) is 0 Å². The second-order valence-corrected chi connectivity index (χ2v) is 3.44. The molecule has 0 unspecified atom stereocenters. The molecule has 0 radical (unpaired) electrons. The largest absolute Gasteiger partial charge is 0.379 e. The Labute approximate surface area is 101 Å². The van der Waals surface area contributed by atoms with Gasteiger partial charge in [-0.25, -0.2) is 4.79 Å². The molecular weight excluding hydrogens is 220 g/mol. The molecule has 0 spiro atoms. The van der Waals surface area contributed by atoms with Crippen LogP contribution in [0.5, 0.6) is 0 Å². The highest BCUT2D eigenvalue weighted by atomic mass is 17.2. The first-order valence-corrected chi connectivity index (χ1v) is 5.78. The molecule has 4 nitrogen and oxygen atoms in total. The smallest absolute Gasteiger partial charge is 0.373 e. The fourth-order valence-corrected chi connectivity index (χ4v) is 1.26. The van der Waals surface area contributed by atoms with E-state index in [2.05, 4.69) is 11.8 Å². The lowest BCUT2D eigenvalue weighted by Gasteiger charge is -2.04. The van der Waals surface area contributed by atoms with Crippen molar-refractivity contribution in [3.8, 4) is 0 Å². The van der Waals surface area contributed by atoms with Gasteiger partial charge in [0.2, 0.25) is 0 Å². The second kappa shape index (κ2) is 7.81. The molecule has 1 aromatic rings. The molecule has 0 bridgehead atoms. The van der Waals surface area contributed by atoms with Gasteiger partial charge in [-0.2, -0.15) is 4.89 Å². The van der Waals surface area contributed by atoms with Crippen molar-refractivity contribution in [1.29, 1.82) is 0 Å². The van der Waals surface area contributed by atoms with Crippen LogP contribution >= 0.6 is 0 Å². The van der Waals surface area contributed by atoms with Crippen molar-refractivity contribution >= 4 is 5.97 Å². The van der Waals surface area contributed by atoms with E-state index >= 15 is 0 Å². The number of benzene rings is 1. The van der Waals surface area contributed by atoms with E-state index < -0.39 is 5.97 Å². The molecule has 0 heterocycles.